The zero-order chi connectivity index (χ0) is 9.56. The Kier molecular flexibility index (Phi) is 8.35. The van der Waals surface area contributed by atoms with Crippen molar-refractivity contribution < 1.29 is 14.0 Å². The molecule has 0 saturated heterocycles. The molecule has 2 atom stereocenters. The minimum atomic E-state index is -1.89. The van der Waals surface area contributed by atoms with Gasteiger partial charge in [0.05, 0.1) is 0 Å². The number of halogens is 2. The van der Waals surface area contributed by atoms with Crippen molar-refractivity contribution in [3.63, 3.8) is 0 Å². The van der Waals surface area contributed by atoms with Crippen molar-refractivity contribution in [3.05, 3.63) is 0 Å². The Morgan fingerprint density at radius 2 is 1.42 bits per heavy atom. The van der Waals surface area contributed by atoms with Gasteiger partial charge in [0.1, 0.15) is 0 Å². The summed E-state index contributed by atoms with van der Waals surface area (Å²) < 4.78 is 11.3. The van der Waals surface area contributed by atoms with Crippen molar-refractivity contribution in [2.45, 2.75) is 20.3 Å². The molecule has 0 amide bonds. The Morgan fingerprint density at radius 3 is 1.67 bits per heavy atom. The summed E-state index contributed by atoms with van der Waals surface area (Å²) in [6.45, 7) is 0.0165. The molecule has 0 fully saturated rings. The van der Waals surface area contributed by atoms with Crippen molar-refractivity contribution in [1.29, 1.82) is 0 Å². The van der Waals surface area contributed by atoms with Crippen molar-refractivity contribution in [3.8, 4) is 0 Å². The van der Waals surface area contributed by atoms with Gasteiger partial charge in [-0.05, 0) is 0 Å². The van der Waals surface area contributed by atoms with Crippen molar-refractivity contribution >= 4 is 45.7 Å². The van der Waals surface area contributed by atoms with Crippen LogP contribution in [-0.2, 0) is 3.83 Å². The van der Waals surface area contributed by atoms with E-state index >= 15 is 0 Å². The summed E-state index contributed by atoms with van der Waals surface area (Å²) in [6.07, 6.45) is 0. The van der Waals surface area contributed by atoms with Crippen LogP contribution in [0.5, 0.6) is 0 Å². The molecule has 12 heavy (non-hydrogen) atoms. The standard InChI is InChI=1S/C6H12Br2O3Se/c7-5(1-9)3-12(11)4-6(8)2-10/h5-6,9-10H,1-4H2. The second-order valence-corrected chi connectivity index (χ2v) is 8.17. The molecule has 3 nitrogen and oxygen atoms in total. The normalized spacial score (nSPS) is 18.7. The van der Waals surface area contributed by atoms with Crippen molar-refractivity contribution in [2.75, 3.05) is 13.2 Å². The molecular weight excluding hydrogens is 359 g/mol. The Hall–Kier alpha value is 1.20. The van der Waals surface area contributed by atoms with E-state index in [0.29, 0.717) is 10.6 Å². The van der Waals surface area contributed by atoms with Gasteiger partial charge < -0.3 is 0 Å². The first-order chi connectivity index (χ1) is 5.60. The van der Waals surface area contributed by atoms with E-state index in [-0.39, 0.29) is 22.9 Å². The molecule has 0 heterocycles. The molecular formula is C6H12Br2O3Se. The third kappa shape index (κ3) is 6.69. The number of rotatable bonds is 6. The molecule has 6 heteroatoms. The SMILES string of the molecule is O=[Se](CC(Br)CO)CC(Br)CO. The second-order valence-electron chi connectivity index (χ2n) is 2.33. The van der Waals surface area contributed by atoms with Gasteiger partial charge in [-0.2, -0.15) is 0 Å². The molecule has 74 valence electrons. The quantitative estimate of drug-likeness (QED) is 0.540. The number of hydrogen-bond donors (Lipinski definition) is 2. The summed E-state index contributed by atoms with van der Waals surface area (Å²) in [5.41, 5.74) is 0. The van der Waals surface area contributed by atoms with Crippen LogP contribution in [0.1, 0.15) is 0 Å². The fourth-order valence-electron chi connectivity index (χ4n) is 0.577. The van der Waals surface area contributed by atoms with Crippen LogP contribution in [0.15, 0.2) is 0 Å². The fraction of sp³-hybridized carbons (Fsp3) is 1.00. The van der Waals surface area contributed by atoms with E-state index in [9.17, 15) is 3.83 Å². The summed E-state index contributed by atoms with van der Waals surface area (Å²) >= 11 is 4.50. The maximum atomic E-state index is 11.3. The predicted octanol–water partition coefficient (Wildman–Crippen LogP) is 0.920. The van der Waals surface area contributed by atoms with Crippen LogP contribution in [0.25, 0.3) is 0 Å². The second kappa shape index (κ2) is 7.59. The van der Waals surface area contributed by atoms with Gasteiger partial charge in [0, 0.05) is 0 Å². The zero-order valence-electron chi connectivity index (χ0n) is 6.45. The Balaban J connectivity index is 3.59. The van der Waals surface area contributed by atoms with E-state index in [4.69, 9.17) is 10.2 Å². The van der Waals surface area contributed by atoms with E-state index in [1.165, 1.54) is 0 Å². The molecule has 0 radical (unpaired) electrons. The van der Waals surface area contributed by atoms with E-state index in [2.05, 4.69) is 31.9 Å². The monoisotopic (exact) mass is 370 g/mol. The first-order valence-corrected chi connectivity index (χ1v) is 8.40. The first kappa shape index (κ1) is 13.2. The molecule has 2 N–H and O–H groups in total. The topological polar surface area (TPSA) is 57.5 Å². The maximum absolute atomic E-state index is 11.3. The van der Waals surface area contributed by atoms with Gasteiger partial charge in [0.2, 0.25) is 0 Å². The van der Waals surface area contributed by atoms with Crippen LogP contribution in [0, 0.1) is 0 Å². The van der Waals surface area contributed by atoms with Crippen LogP contribution in [0.2, 0.25) is 10.6 Å². The molecule has 0 spiro atoms. The summed E-state index contributed by atoms with van der Waals surface area (Å²) in [4.78, 5) is -0.142. The molecule has 0 aromatic carbocycles. The number of hydrogen-bond acceptors (Lipinski definition) is 3. The molecule has 0 aliphatic heterocycles. The van der Waals surface area contributed by atoms with Gasteiger partial charge in [0.25, 0.3) is 0 Å². The third-order valence-corrected chi connectivity index (χ3v) is 7.53. The number of aliphatic hydroxyl groups excluding tert-OH is 2. The molecule has 0 bridgehead atoms. The molecule has 2 unspecified atom stereocenters. The first-order valence-electron chi connectivity index (χ1n) is 3.45. The van der Waals surface area contributed by atoms with Crippen molar-refractivity contribution in [2.24, 2.45) is 0 Å². The number of aliphatic hydroxyl groups is 2. The van der Waals surface area contributed by atoms with E-state index in [1.807, 2.05) is 0 Å². The summed E-state index contributed by atoms with van der Waals surface area (Å²) in [6, 6.07) is 0. The van der Waals surface area contributed by atoms with Gasteiger partial charge >= 0.3 is 93.2 Å². The van der Waals surface area contributed by atoms with Gasteiger partial charge in [-0.25, -0.2) is 0 Å². The summed E-state index contributed by atoms with van der Waals surface area (Å²) in [7, 11) is 0. The molecule has 0 aromatic heterocycles. The average Bonchev–Trinajstić information content (AvgIpc) is 2.03. The molecule has 0 aliphatic rings. The molecule has 0 aliphatic carbocycles. The summed E-state index contributed by atoms with van der Waals surface area (Å²) in [5.74, 6) is 0. The summed E-state index contributed by atoms with van der Waals surface area (Å²) in [5, 5.41) is 18.3. The van der Waals surface area contributed by atoms with E-state index < -0.39 is 13.8 Å². The molecule has 0 saturated carbocycles. The van der Waals surface area contributed by atoms with Gasteiger partial charge in [-0.15, -0.1) is 0 Å². The Labute approximate surface area is 92.9 Å². The van der Waals surface area contributed by atoms with Gasteiger partial charge in [0.15, 0.2) is 0 Å². The minimum absolute atomic E-state index is 0.00825. The Bertz CT molecular complexity index is 131. The molecule has 0 rings (SSSR count). The van der Waals surface area contributed by atoms with E-state index in [1.54, 1.807) is 0 Å². The van der Waals surface area contributed by atoms with Crippen molar-refractivity contribution in [1.82, 2.24) is 0 Å². The van der Waals surface area contributed by atoms with Gasteiger partial charge in [-0.1, -0.05) is 0 Å². The van der Waals surface area contributed by atoms with Crippen LogP contribution < -0.4 is 0 Å². The van der Waals surface area contributed by atoms with Crippen LogP contribution >= 0.6 is 31.9 Å². The third-order valence-electron chi connectivity index (χ3n) is 1.13. The van der Waals surface area contributed by atoms with E-state index in [0.717, 1.165) is 0 Å². The predicted molar refractivity (Wildman–Crippen MR) is 55.7 cm³/mol. The molecule has 0 aromatic rings. The average molecular weight is 371 g/mol. The van der Waals surface area contributed by atoms with Gasteiger partial charge in [-0.3, -0.25) is 0 Å². The fourth-order valence-corrected chi connectivity index (χ4v) is 6.06. The number of alkyl halides is 2. The van der Waals surface area contributed by atoms with Crippen LogP contribution in [0.3, 0.4) is 0 Å². The van der Waals surface area contributed by atoms with Crippen LogP contribution in [0.4, 0.5) is 0 Å². The van der Waals surface area contributed by atoms with Crippen LogP contribution in [-0.4, -0.2) is 46.9 Å². The Morgan fingerprint density at radius 1 is 1.08 bits per heavy atom. The zero-order valence-corrected chi connectivity index (χ0v) is 11.3.